The summed E-state index contributed by atoms with van der Waals surface area (Å²) < 4.78 is 23.8. The van der Waals surface area contributed by atoms with Gasteiger partial charge >= 0.3 is 0 Å². The molecule has 2 aromatic rings. The van der Waals surface area contributed by atoms with Crippen LogP contribution in [-0.2, 0) is 4.74 Å². The molecule has 1 aliphatic rings. The maximum atomic E-state index is 12.9. The van der Waals surface area contributed by atoms with Gasteiger partial charge in [-0.3, -0.25) is 0 Å². The number of epoxide rings is 1. The number of hydrogen-bond donors (Lipinski definition) is 0. The highest BCUT2D eigenvalue weighted by Gasteiger charge is 2.40. The van der Waals surface area contributed by atoms with Crippen LogP contribution in [0, 0.1) is 5.82 Å². The zero-order valence-corrected chi connectivity index (χ0v) is 10.7. The van der Waals surface area contributed by atoms with Crippen LogP contribution in [0.2, 0.25) is 0 Å². The van der Waals surface area contributed by atoms with Crippen LogP contribution in [0.3, 0.4) is 0 Å². The number of ether oxygens (including phenoxy) is 2. The van der Waals surface area contributed by atoms with Crippen LogP contribution in [-0.4, -0.2) is 18.8 Å². The quantitative estimate of drug-likeness (QED) is 0.781. The van der Waals surface area contributed by atoms with Crippen LogP contribution < -0.4 is 4.74 Å². The molecule has 1 atom stereocenters. The minimum absolute atomic E-state index is 0.102. The first-order valence-electron chi connectivity index (χ1n) is 6.27. The zero-order chi connectivity index (χ0) is 13.3. The Hall–Kier alpha value is -1.87. The molecule has 0 aromatic heterocycles. The lowest BCUT2D eigenvalue weighted by atomic mass is 10.1. The normalized spacial score (nSPS) is 21.2. The first-order valence-corrected chi connectivity index (χ1v) is 6.27. The zero-order valence-electron chi connectivity index (χ0n) is 10.7. The summed E-state index contributed by atoms with van der Waals surface area (Å²) in [4.78, 5) is 0. The third-order valence-corrected chi connectivity index (χ3v) is 3.21. The monoisotopic (exact) mass is 258 g/mol. The van der Waals surface area contributed by atoms with Crippen molar-refractivity contribution in [2.24, 2.45) is 0 Å². The lowest BCUT2D eigenvalue weighted by Crippen LogP contribution is -2.16. The van der Waals surface area contributed by atoms with Crippen LogP contribution in [0.5, 0.6) is 5.75 Å². The smallest absolute Gasteiger partial charge is 0.123 e. The fraction of sp³-hybridized carbons (Fsp3) is 0.250. The fourth-order valence-electron chi connectivity index (χ4n) is 1.83. The first kappa shape index (κ1) is 12.2. The predicted molar refractivity (Wildman–Crippen MR) is 71.7 cm³/mol. The van der Waals surface area contributed by atoms with Crippen LogP contribution in [0.25, 0.3) is 11.1 Å². The van der Waals surface area contributed by atoms with Crippen LogP contribution >= 0.6 is 0 Å². The Labute approximate surface area is 111 Å². The summed E-state index contributed by atoms with van der Waals surface area (Å²) in [6, 6.07) is 14.2. The SMILES string of the molecule is CC1(COc2ccc(-c3ccc(F)cc3)cc2)CO1. The minimum Gasteiger partial charge on any atom is -0.491 e. The fourth-order valence-corrected chi connectivity index (χ4v) is 1.83. The van der Waals surface area contributed by atoms with Crippen molar-refractivity contribution in [1.29, 1.82) is 0 Å². The third kappa shape index (κ3) is 2.93. The topological polar surface area (TPSA) is 21.8 Å². The molecule has 2 nitrogen and oxygen atoms in total. The minimum atomic E-state index is -0.221. The van der Waals surface area contributed by atoms with Gasteiger partial charge in [-0.25, -0.2) is 4.39 Å². The molecule has 0 spiro atoms. The average molecular weight is 258 g/mol. The molecule has 2 aromatic carbocycles. The molecule has 3 heteroatoms. The summed E-state index contributed by atoms with van der Waals surface area (Å²) >= 11 is 0. The maximum absolute atomic E-state index is 12.9. The van der Waals surface area contributed by atoms with Crippen LogP contribution in [0.1, 0.15) is 6.92 Å². The van der Waals surface area contributed by atoms with E-state index in [1.807, 2.05) is 31.2 Å². The van der Waals surface area contributed by atoms with E-state index in [4.69, 9.17) is 9.47 Å². The van der Waals surface area contributed by atoms with Crippen molar-refractivity contribution >= 4 is 0 Å². The van der Waals surface area contributed by atoms with E-state index in [2.05, 4.69) is 0 Å². The molecule has 0 radical (unpaired) electrons. The first-order chi connectivity index (χ1) is 9.15. The van der Waals surface area contributed by atoms with Gasteiger partial charge in [0.25, 0.3) is 0 Å². The summed E-state index contributed by atoms with van der Waals surface area (Å²) in [6.07, 6.45) is 0. The summed E-state index contributed by atoms with van der Waals surface area (Å²) in [6.45, 7) is 3.36. The highest BCUT2D eigenvalue weighted by atomic mass is 19.1. The Kier molecular flexibility index (Phi) is 2.99. The molecule has 0 bridgehead atoms. The highest BCUT2D eigenvalue weighted by Crippen LogP contribution is 2.28. The number of benzene rings is 2. The molecule has 1 fully saturated rings. The maximum Gasteiger partial charge on any atom is 0.123 e. The van der Waals surface area contributed by atoms with Crippen molar-refractivity contribution in [1.82, 2.24) is 0 Å². The van der Waals surface area contributed by atoms with Crippen molar-refractivity contribution in [2.45, 2.75) is 12.5 Å². The molecule has 1 aliphatic heterocycles. The van der Waals surface area contributed by atoms with E-state index in [1.54, 1.807) is 12.1 Å². The number of halogens is 1. The van der Waals surface area contributed by atoms with Gasteiger partial charge in [-0.2, -0.15) is 0 Å². The van der Waals surface area contributed by atoms with Gasteiger partial charge in [-0.15, -0.1) is 0 Å². The van der Waals surface area contributed by atoms with Gasteiger partial charge in [0.2, 0.25) is 0 Å². The number of rotatable bonds is 4. The lowest BCUT2D eigenvalue weighted by Gasteiger charge is -2.09. The van der Waals surface area contributed by atoms with Crippen LogP contribution in [0.15, 0.2) is 48.5 Å². The lowest BCUT2D eigenvalue weighted by molar-refractivity contribution is 0.202. The molecule has 1 saturated heterocycles. The Morgan fingerprint density at radius 2 is 1.58 bits per heavy atom. The van der Waals surface area contributed by atoms with Crippen molar-refractivity contribution in [3.05, 3.63) is 54.3 Å². The highest BCUT2D eigenvalue weighted by molar-refractivity contribution is 5.63. The van der Waals surface area contributed by atoms with E-state index < -0.39 is 0 Å². The second-order valence-corrected chi connectivity index (χ2v) is 5.06. The average Bonchev–Trinajstić information content (AvgIpc) is 3.17. The summed E-state index contributed by atoms with van der Waals surface area (Å²) in [7, 11) is 0. The van der Waals surface area contributed by atoms with E-state index in [-0.39, 0.29) is 11.4 Å². The van der Waals surface area contributed by atoms with Crippen LogP contribution in [0.4, 0.5) is 4.39 Å². The van der Waals surface area contributed by atoms with E-state index in [9.17, 15) is 4.39 Å². The molecule has 0 aliphatic carbocycles. The van der Waals surface area contributed by atoms with E-state index in [0.29, 0.717) is 6.61 Å². The van der Waals surface area contributed by atoms with E-state index >= 15 is 0 Å². The van der Waals surface area contributed by atoms with Gasteiger partial charge in [0.1, 0.15) is 23.8 Å². The molecule has 98 valence electrons. The standard InChI is InChI=1S/C16H15FO2/c1-16(11-19-16)10-18-15-8-4-13(5-9-15)12-2-6-14(17)7-3-12/h2-9H,10-11H2,1H3. The van der Waals surface area contributed by atoms with Gasteiger partial charge in [-0.1, -0.05) is 24.3 Å². The van der Waals surface area contributed by atoms with Crippen molar-refractivity contribution in [2.75, 3.05) is 13.2 Å². The second-order valence-electron chi connectivity index (χ2n) is 5.06. The molecular formula is C16H15FO2. The summed E-state index contributed by atoms with van der Waals surface area (Å²) in [5, 5.41) is 0. The van der Waals surface area contributed by atoms with E-state index in [0.717, 1.165) is 23.5 Å². The van der Waals surface area contributed by atoms with Gasteiger partial charge < -0.3 is 9.47 Å². The van der Waals surface area contributed by atoms with Gasteiger partial charge in [-0.05, 0) is 42.3 Å². The summed E-state index contributed by atoms with van der Waals surface area (Å²) in [5.41, 5.74) is 1.93. The molecule has 0 amide bonds. The predicted octanol–water partition coefficient (Wildman–Crippen LogP) is 3.66. The third-order valence-electron chi connectivity index (χ3n) is 3.21. The number of hydrogen-bond acceptors (Lipinski definition) is 2. The van der Waals surface area contributed by atoms with Crippen molar-refractivity contribution < 1.29 is 13.9 Å². The van der Waals surface area contributed by atoms with Gasteiger partial charge in [0, 0.05) is 0 Å². The molecule has 3 rings (SSSR count). The van der Waals surface area contributed by atoms with Gasteiger partial charge in [0.15, 0.2) is 0 Å². The Morgan fingerprint density at radius 3 is 2.11 bits per heavy atom. The molecule has 1 unspecified atom stereocenters. The molecule has 1 heterocycles. The van der Waals surface area contributed by atoms with Crippen molar-refractivity contribution in [3.63, 3.8) is 0 Å². The van der Waals surface area contributed by atoms with Gasteiger partial charge in [0.05, 0.1) is 6.61 Å². The molecule has 19 heavy (non-hydrogen) atoms. The summed E-state index contributed by atoms with van der Waals surface area (Å²) in [5.74, 6) is 0.601. The largest absolute Gasteiger partial charge is 0.491 e. The second kappa shape index (κ2) is 4.67. The Morgan fingerprint density at radius 1 is 1.05 bits per heavy atom. The van der Waals surface area contributed by atoms with Crippen molar-refractivity contribution in [3.8, 4) is 16.9 Å². The Balaban J connectivity index is 1.69. The molecular weight excluding hydrogens is 243 g/mol. The molecule has 0 saturated carbocycles. The van der Waals surface area contributed by atoms with E-state index in [1.165, 1.54) is 12.1 Å². The molecule has 0 N–H and O–H groups in total. The Bertz CT molecular complexity index is 556.